The van der Waals surface area contributed by atoms with E-state index in [4.69, 9.17) is 5.11 Å². The summed E-state index contributed by atoms with van der Waals surface area (Å²) < 4.78 is 27.6. The first kappa shape index (κ1) is 17.9. The number of carbonyl (C=O) groups excluding carboxylic acids is 1. The van der Waals surface area contributed by atoms with Crippen LogP contribution in [0, 0.1) is 0 Å². The molecule has 0 spiro atoms. The molecular formula is C18H18N2O5S. The minimum Gasteiger partial charge on any atom is -0.480 e. The molecule has 136 valence electrons. The number of fused-ring (bicyclic) bond motifs is 1. The molecule has 2 aromatic carbocycles. The van der Waals surface area contributed by atoms with Crippen LogP contribution in [0.4, 0.5) is 5.69 Å². The van der Waals surface area contributed by atoms with Gasteiger partial charge in [-0.2, -0.15) is 0 Å². The number of sulfonamides is 1. The van der Waals surface area contributed by atoms with Crippen LogP contribution < -0.4 is 10.0 Å². The van der Waals surface area contributed by atoms with Crippen LogP contribution in [-0.2, 0) is 27.7 Å². The highest BCUT2D eigenvalue weighted by molar-refractivity contribution is 7.92. The molecule has 0 bridgehead atoms. The highest BCUT2D eigenvalue weighted by atomic mass is 32.2. The maximum atomic E-state index is 12.5. The molecule has 0 radical (unpaired) electrons. The van der Waals surface area contributed by atoms with Gasteiger partial charge in [0.25, 0.3) is 15.9 Å². The minimum atomic E-state index is -3.77. The second kappa shape index (κ2) is 7.17. The number of rotatable bonds is 6. The standard InChI is InChI=1S/C18H18N2O5S/c21-17(22)11-19-18(23)13-5-8-16(9-6-13)26(24,25)20-15-7-4-12-2-1-3-14(12)10-15/h4-10,20H,1-3,11H2,(H,19,23)(H,21,22). The van der Waals surface area contributed by atoms with Gasteiger partial charge in [-0.15, -0.1) is 0 Å². The Morgan fingerprint density at radius 1 is 1.00 bits per heavy atom. The van der Waals surface area contributed by atoms with E-state index in [2.05, 4.69) is 10.0 Å². The number of carbonyl (C=O) groups is 2. The normalized spacial score (nSPS) is 13.1. The van der Waals surface area contributed by atoms with Crippen LogP contribution in [0.2, 0.25) is 0 Å². The SMILES string of the molecule is O=C(O)CNC(=O)c1ccc(S(=O)(=O)Nc2ccc3c(c2)CCC3)cc1. The largest absolute Gasteiger partial charge is 0.480 e. The Kier molecular flexibility index (Phi) is 4.94. The van der Waals surface area contributed by atoms with Crippen molar-refractivity contribution in [3.63, 3.8) is 0 Å². The second-order valence-corrected chi connectivity index (χ2v) is 7.73. The lowest BCUT2D eigenvalue weighted by molar-refractivity contribution is -0.135. The summed E-state index contributed by atoms with van der Waals surface area (Å²) in [6, 6.07) is 10.8. The van der Waals surface area contributed by atoms with Crippen molar-refractivity contribution < 1.29 is 23.1 Å². The molecule has 0 saturated carbocycles. The van der Waals surface area contributed by atoms with Gasteiger partial charge < -0.3 is 10.4 Å². The molecule has 0 unspecified atom stereocenters. The molecule has 1 aliphatic carbocycles. The van der Waals surface area contributed by atoms with Gasteiger partial charge >= 0.3 is 5.97 Å². The zero-order valence-electron chi connectivity index (χ0n) is 13.9. The van der Waals surface area contributed by atoms with E-state index in [0.717, 1.165) is 24.8 Å². The Bertz CT molecular complexity index is 952. The van der Waals surface area contributed by atoms with Gasteiger partial charge in [0.05, 0.1) is 4.90 Å². The van der Waals surface area contributed by atoms with Gasteiger partial charge in [-0.1, -0.05) is 6.07 Å². The van der Waals surface area contributed by atoms with Gasteiger partial charge in [-0.3, -0.25) is 14.3 Å². The van der Waals surface area contributed by atoms with E-state index in [1.807, 2.05) is 12.1 Å². The van der Waals surface area contributed by atoms with Gasteiger partial charge in [0, 0.05) is 11.3 Å². The molecule has 2 aromatic rings. The van der Waals surface area contributed by atoms with Crippen molar-refractivity contribution in [2.45, 2.75) is 24.2 Å². The van der Waals surface area contributed by atoms with Crippen molar-refractivity contribution in [3.8, 4) is 0 Å². The predicted molar refractivity (Wildman–Crippen MR) is 95.7 cm³/mol. The molecule has 3 N–H and O–H groups in total. The average Bonchev–Trinajstić information content (AvgIpc) is 3.07. The average molecular weight is 374 g/mol. The number of benzene rings is 2. The van der Waals surface area contributed by atoms with E-state index in [1.54, 1.807) is 6.07 Å². The summed E-state index contributed by atoms with van der Waals surface area (Å²) in [5, 5.41) is 10.8. The Morgan fingerprint density at radius 3 is 2.38 bits per heavy atom. The Hall–Kier alpha value is -2.87. The van der Waals surface area contributed by atoms with Crippen LogP contribution in [0.1, 0.15) is 27.9 Å². The van der Waals surface area contributed by atoms with Crippen molar-refractivity contribution >= 4 is 27.6 Å². The summed E-state index contributed by atoms with van der Waals surface area (Å²) in [4.78, 5) is 22.3. The number of hydrogen-bond acceptors (Lipinski definition) is 4. The molecule has 1 amide bonds. The smallest absolute Gasteiger partial charge is 0.322 e. The highest BCUT2D eigenvalue weighted by Crippen LogP contribution is 2.26. The number of carboxylic acid groups (broad SMARTS) is 1. The number of hydrogen-bond donors (Lipinski definition) is 3. The molecule has 0 aliphatic heterocycles. The van der Waals surface area contributed by atoms with Crippen LogP contribution >= 0.6 is 0 Å². The molecule has 0 atom stereocenters. The number of nitrogens with one attached hydrogen (secondary N) is 2. The third kappa shape index (κ3) is 4.02. The van der Waals surface area contributed by atoms with E-state index in [1.165, 1.54) is 29.8 Å². The first-order valence-electron chi connectivity index (χ1n) is 8.10. The molecule has 0 saturated heterocycles. The van der Waals surface area contributed by atoms with E-state index in [-0.39, 0.29) is 10.5 Å². The fourth-order valence-corrected chi connectivity index (χ4v) is 3.94. The van der Waals surface area contributed by atoms with Crippen LogP contribution in [0.3, 0.4) is 0 Å². The number of carboxylic acids is 1. The van der Waals surface area contributed by atoms with E-state index >= 15 is 0 Å². The number of anilines is 1. The third-order valence-corrected chi connectivity index (χ3v) is 5.57. The number of amides is 1. The first-order chi connectivity index (χ1) is 12.3. The first-order valence-corrected chi connectivity index (χ1v) is 9.58. The highest BCUT2D eigenvalue weighted by Gasteiger charge is 2.17. The van der Waals surface area contributed by atoms with Gasteiger partial charge in [-0.05, 0) is 66.8 Å². The van der Waals surface area contributed by atoms with Crippen molar-refractivity contribution in [1.82, 2.24) is 5.32 Å². The van der Waals surface area contributed by atoms with E-state index < -0.39 is 28.4 Å². The van der Waals surface area contributed by atoms with Crippen molar-refractivity contribution in [1.29, 1.82) is 0 Å². The second-order valence-electron chi connectivity index (χ2n) is 6.04. The van der Waals surface area contributed by atoms with E-state index in [0.29, 0.717) is 5.69 Å². The summed E-state index contributed by atoms with van der Waals surface area (Å²) in [6.07, 6.45) is 3.05. The number of aryl methyl sites for hydroxylation is 2. The zero-order chi connectivity index (χ0) is 18.7. The van der Waals surface area contributed by atoms with Gasteiger partial charge in [0.2, 0.25) is 0 Å². The topological polar surface area (TPSA) is 113 Å². The van der Waals surface area contributed by atoms with Crippen LogP contribution in [0.25, 0.3) is 0 Å². The molecule has 0 heterocycles. The summed E-state index contributed by atoms with van der Waals surface area (Å²) >= 11 is 0. The lowest BCUT2D eigenvalue weighted by Gasteiger charge is -2.10. The maximum absolute atomic E-state index is 12.5. The summed E-state index contributed by atoms with van der Waals surface area (Å²) in [7, 11) is -3.77. The molecule has 3 rings (SSSR count). The third-order valence-electron chi connectivity index (χ3n) is 4.18. The van der Waals surface area contributed by atoms with Gasteiger partial charge in [0.15, 0.2) is 0 Å². The molecular weight excluding hydrogens is 356 g/mol. The molecule has 7 nitrogen and oxygen atoms in total. The quantitative estimate of drug-likeness (QED) is 0.714. The molecule has 0 aromatic heterocycles. The summed E-state index contributed by atoms with van der Waals surface area (Å²) in [5.74, 6) is -1.74. The zero-order valence-corrected chi connectivity index (χ0v) is 14.7. The van der Waals surface area contributed by atoms with Crippen molar-refractivity contribution in [2.75, 3.05) is 11.3 Å². The summed E-state index contributed by atoms with van der Waals surface area (Å²) in [5.41, 5.74) is 3.11. The Labute approximate surface area is 151 Å². The van der Waals surface area contributed by atoms with E-state index in [9.17, 15) is 18.0 Å². The molecule has 0 fully saturated rings. The summed E-state index contributed by atoms with van der Waals surface area (Å²) in [6.45, 7) is -0.501. The van der Waals surface area contributed by atoms with Crippen LogP contribution in [0.15, 0.2) is 47.4 Å². The lowest BCUT2D eigenvalue weighted by atomic mass is 10.1. The molecule has 26 heavy (non-hydrogen) atoms. The Balaban J connectivity index is 1.73. The lowest BCUT2D eigenvalue weighted by Crippen LogP contribution is -2.29. The fourth-order valence-electron chi connectivity index (χ4n) is 2.89. The predicted octanol–water partition coefficient (Wildman–Crippen LogP) is 1.79. The van der Waals surface area contributed by atoms with Crippen LogP contribution in [-0.4, -0.2) is 31.9 Å². The monoisotopic (exact) mass is 374 g/mol. The molecule has 8 heteroatoms. The fraction of sp³-hybridized carbons (Fsp3) is 0.222. The maximum Gasteiger partial charge on any atom is 0.322 e. The van der Waals surface area contributed by atoms with Gasteiger partial charge in [-0.25, -0.2) is 8.42 Å². The minimum absolute atomic E-state index is 0.0211. The van der Waals surface area contributed by atoms with Crippen molar-refractivity contribution in [3.05, 3.63) is 59.2 Å². The van der Waals surface area contributed by atoms with Gasteiger partial charge in [0.1, 0.15) is 6.54 Å². The number of aliphatic carboxylic acids is 1. The van der Waals surface area contributed by atoms with Crippen LogP contribution in [0.5, 0.6) is 0 Å². The Morgan fingerprint density at radius 2 is 1.69 bits per heavy atom. The van der Waals surface area contributed by atoms with Crippen molar-refractivity contribution in [2.24, 2.45) is 0 Å². The molecule has 1 aliphatic rings.